The third-order valence-electron chi connectivity index (χ3n) is 2.12. The first-order chi connectivity index (χ1) is 9.27. The van der Waals surface area contributed by atoms with Crippen molar-refractivity contribution < 1.29 is 27.0 Å². The highest BCUT2D eigenvalue weighted by Gasteiger charge is 2.41. The van der Waals surface area contributed by atoms with Crippen LogP contribution in [0.3, 0.4) is 0 Å². The summed E-state index contributed by atoms with van der Waals surface area (Å²) < 4.78 is 58.9. The molecule has 2 N–H and O–H groups in total. The summed E-state index contributed by atoms with van der Waals surface area (Å²) in [7, 11) is 1.43. The van der Waals surface area contributed by atoms with Crippen LogP contribution in [0.4, 0.5) is 23.4 Å². The van der Waals surface area contributed by atoms with Crippen LogP contribution in [0.25, 0.3) is 0 Å². The molecule has 0 atom stereocenters. The van der Waals surface area contributed by atoms with Crippen molar-refractivity contribution in [3.05, 3.63) is 16.0 Å². The van der Waals surface area contributed by atoms with E-state index in [1.807, 2.05) is 0 Å². The predicted octanol–water partition coefficient (Wildman–Crippen LogP) is 2.38. The number of rotatable bonds is 7. The Kier molecular flexibility index (Phi) is 6.08. The van der Waals surface area contributed by atoms with Crippen LogP contribution in [0.15, 0.2) is 4.47 Å². The van der Waals surface area contributed by atoms with Crippen LogP contribution in [0.5, 0.6) is 0 Å². The van der Waals surface area contributed by atoms with Crippen molar-refractivity contribution in [3.63, 3.8) is 0 Å². The summed E-state index contributed by atoms with van der Waals surface area (Å²) in [6.45, 7) is -1.77. The lowest BCUT2D eigenvalue weighted by Crippen LogP contribution is -2.32. The number of halogens is 5. The zero-order valence-corrected chi connectivity index (χ0v) is 12.0. The molecule has 0 spiro atoms. The molecule has 1 aromatic heterocycles. The van der Waals surface area contributed by atoms with Gasteiger partial charge in [0.2, 0.25) is 0 Å². The molecule has 0 saturated heterocycles. The van der Waals surface area contributed by atoms with E-state index in [4.69, 9.17) is 10.5 Å². The molecule has 0 unspecified atom stereocenters. The molecule has 20 heavy (non-hydrogen) atoms. The Balaban J connectivity index is 2.69. The van der Waals surface area contributed by atoms with Gasteiger partial charge in [0.15, 0.2) is 5.82 Å². The fraction of sp³-hybridized carbons (Fsp3) is 0.600. The Morgan fingerprint density at radius 1 is 1.30 bits per heavy atom. The van der Waals surface area contributed by atoms with Crippen molar-refractivity contribution in [3.8, 4) is 0 Å². The van der Waals surface area contributed by atoms with Gasteiger partial charge in [0.25, 0.3) is 0 Å². The molecule has 114 valence electrons. The average Bonchev–Trinajstić information content (AvgIpc) is 2.35. The standard InChI is InChI=1S/C10H12BrF4N3O2/c1-19-2-5-7(11)8(16)18-6(17-5)3-20-4-10(14,15)9(12)13/h9H,2-4H2,1H3,(H2,16,17,18). The zero-order chi connectivity index (χ0) is 15.3. The van der Waals surface area contributed by atoms with E-state index >= 15 is 0 Å². The Morgan fingerprint density at radius 3 is 2.50 bits per heavy atom. The predicted molar refractivity (Wildman–Crippen MR) is 65.5 cm³/mol. The molecule has 0 aliphatic carbocycles. The van der Waals surface area contributed by atoms with Crippen LogP contribution in [-0.2, 0) is 22.7 Å². The van der Waals surface area contributed by atoms with Crippen LogP contribution in [0.1, 0.15) is 11.5 Å². The first-order valence-electron chi connectivity index (χ1n) is 5.31. The SMILES string of the molecule is COCc1nc(COCC(F)(F)C(F)F)nc(N)c1Br. The zero-order valence-electron chi connectivity index (χ0n) is 10.4. The van der Waals surface area contributed by atoms with Gasteiger partial charge in [0.1, 0.15) is 19.0 Å². The molecule has 0 fully saturated rings. The van der Waals surface area contributed by atoms with Crippen LogP contribution < -0.4 is 5.73 Å². The van der Waals surface area contributed by atoms with E-state index < -0.39 is 25.6 Å². The summed E-state index contributed by atoms with van der Waals surface area (Å²) in [6, 6.07) is 0. The molecule has 0 aliphatic rings. The van der Waals surface area contributed by atoms with Crippen molar-refractivity contribution in [1.29, 1.82) is 0 Å². The second-order valence-electron chi connectivity index (χ2n) is 3.77. The van der Waals surface area contributed by atoms with Crippen molar-refractivity contribution >= 4 is 21.7 Å². The number of alkyl halides is 4. The van der Waals surface area contributed by atoms with Gasteiger partial charge in [-0.05, 0) is 15.9 Å². The number of hydrogen-bond acceptors (Lipinski definition) is 5. The number of nitrogens with two attached hydrogens (primary N) is 1. The number of nitrogens with zero attached hydrogens (tertiary/aromatic N) is 2. The molecule has 1 aromatic rings. The molecule has 0 aromatic carbocycles. The maximum atomic E-state index is 12.6. The number of hydrogen-bond donors (Lipinski definition) is 1. The molecule has 1 heterocycles. The molecule has 10 heteroatoms. The number of anilines is 1. The van der Waals surface area contributed by atoms with Gasteiger partial charge >= 0.3 is 12.3 Å². The Morgan fingerprint density at radius 2 is 1.95 bits per heavy atom. The highest BCUT2D eigenvalue weighted by atomic mass is 79.9. The van der Waals surface area contributed by atoms with Crippen LogP contribution >= 0.6 is 15.9 Å². The van der Waals surface area contributed by atoms with Gasteiger partial charge in [-0.15, -0.1) is 0 Å². The Bertz CT molecular complexity index is 462. The summed E-state index contributed by atoms with van der Waals surface area (Å²) in [6.07, 6.45) is -3.79. The number of aromatic nitrogens is 2. The largest absolute Gasteiger partial charge is 0.383 e. The van der Waals surface area contributed by atoms with Gasteiger partial charge in [-0.25, -0.2) is 18.7 Å². The number of methoxy groups -OCH3 is 1. The number of ether oxygens (including phenoxy) is 2. The van der Waals surface area contributed by atoms with Crippen molar-refractivity contribution in [2.24, 2.45) is 0 Å². The van der Waals surface area contributed by atoms with Crippen LogP contribution in [-0.4, -0.2) is 36.0 Å². The first kappa shape index (κ1) is 17.1. The fourth-order valence-corrected chi connectivity index (χ4v) is 1.50. The lowest BCUT2D eigenvalue weighted by Gasteiger charge is -2.15. The lowest BCUT2D eigenvalue weighted by atomic mass is 10.4. The lowest BCUT2D eigenvalue weighted by molar-refractivity contribution is -0.168. The second kappa shape index (κ2) is 7.14. The van der Waals surface area contributed by atoms with Gasteiger partial charge in [0, 0.05) is 7.11 Å². The van der Waals surface area contributed by atoms with Gasteiger partial charge < -0.3 is 15.2 Å². The molecule has 5 nitrogen and oxygen atoms in total. The minimum atomic E-state index is -4.21. The molecule has 0 aliphatic heterocycles. The normalized spacial score (nSPS) is 12.2. The van der Waals surface area contributed by atoms with Gasteiger partial charge in [-0.1, -0.05) is 0 Å². The molecule has 0 bridgehead atoms. The number of nitrogen functional groups attached to an aromatic ring is 1. The van der Waals surface area contributed by atoms with Gasteiger partial charge in [-0.3, -0.25) is 0 Å². The van der Waals surface area contributed by atoms with E-state index in [0.29, 0.717) is 10.2 Å². The first-order valence-corrected chi connectivity index (χ1v) is 6.10. The topological polar surface area (TPSA) is 70.3 Å². The monoisotopic (exact) mass is 361 g/mol. The quantitative estimate of drug-likeness (QED) is 0.755. The van der Waals surface area contributed by atoms with E-state index in [0.717, 1.165) is 0 Å². The highest BCUT2D eigenvalue weighted by molar-refractivity contribution is 9.10. The van der Waals surface area contributed by atoms with Crippen molar-refractivity contribution in [2.75, 3.05) is 19.5 Å². The minimum Gasteiger partial charge on any atom is -0.383 e. The molecule has 1 rings (SSSR count). The summed E-state index contributed by atoms with van der Waals surface area (Å²) >= 11 is 3.14. The van der Waals surface area contributed by atoms with Gasteiger partial charge in [0.05, 0.1) is 16.8 Å². The Labute approximate surface area is 120 Å². The van der Waals surface area contributed by atoms with Gasteiger partial charge in [-0.2, -0.15) is 8.78 Å². The van der Waals surface area contributed by atoms with E-state index in [1.165, 1.54) is 7.11 Å². The van der Waals surface area contributed by atoms with Crippen LogP contribution in [0, 0.1) is 0 Å². The summed E-state index contributed by atoms with van der Waals surface area (Å²) in [5.74, 6) is -4.13. The van der Waals surface area contributed by atoms with E-state index in [1.54, 1.807) is 0 Å². The highest BCUT2D eigenvalue weighted by Crippen LogP contribution is 2.24. The summed E-state index contributed by atoms with van der Waals surface area (Å²) in [5.41, 5.74) is 5.98. The van der Waals surface area contributed by atoms with Crippen LogP contribution in [0.2, 0.25) is 0 Å². The molecule has 0 radical (unpaired) electrons. The second-order valence-corrected chi connectivity index (χ2v) is 4.57. The van der Waals surface area contributed by atoms with E-state index in [9.17, 15) is 17.6 Å². The average molecular weight is 362 g/mol. The van der Waals surface area contributed by atoms with E-state index in [-0.39, 0.29) is 18.2 Å². The smallest absolute Gasteiger partial charge is 0.330 e. The van der Waals surface area contributed by atoms with Crippen molar-refractivity contribution in [2.45, 2.75) is 25.6 Å². The molecular weight excluding hydrogens is 350 g/mol. The minimum absolute atomic E-state index is 0.00261. The fourth-order valence-electron chi connectivity index (χ4n) is 1.20. The summed E-state index contributed by atoms with van der Waals surface area (Å²) in [5, 5.41) is 0. The molecular formula is C10H12BrF4N3O2. The maximum absolute atomic E-state index is 12.6. The van der Waals surface area contributed by atoms with E-state index in [2.05, 4.69) is 30.6 Å². The maximum Gasteiger partial charge on any atom is 0.330 e. The molecule has 0 amide bonds. The third-order valence-corrected chi connectivity index (χ3v) is 2.98. The Hall–Kier alpha value is -1.00. The third kappa shape index (κ3) is 4.53. The van der Waals surface area contributed by atoms with Crippen molar-refractivity contribution in [1.82, 2.24) is 9.97 Å². The summed E-state index contributed by atoms with van der Waals surface area (Å²) in [4.78, 5) is 7.75. The molecule has 0 saturated carbocycles.